The Morgan fingerprint density at radius 3 is 2.53 bits per heavy atom. The van der Waals surface area contributed by atoms with Crippen LogP contribution in [0.25, 0.3) is 23.3 Å². The number of ether oxygens (including phenoxy) is 1. The molecule has 0 unspecified atom stereocenters. The maximum atomic E-state index is 14.8. The minimum absolute atomic E-state index is 0.0345. The number of rotatable bonds is 6. The zero-order valence-electron chi connectivity index (χ0n) is 17.3. The quantitative estimate of drug-likeness (QED) is 0.422. The van der Waals surface area contributed by atoms with Gasteiger partial charge < -0.3 is 4.74 Å². The lowest BCUT2D eigenvalue weighted by atomic mass is 9.97. The molecule has 6 heteroatoms. The first kappa shape index (κ1) is 21.2. The fourth-order valence-corrected chi connectivity index (χ4v) is 3.43. The molecule has 0 atom stereocenters. The van der Waals surface area contributed by atoms with Crippen LogP contribution in [0, 0.1) is 18.6 Å². The molecule has 0 aliphatic carbocycles. The third-order valence-corrected chi connectivity index (χ3v) is 4.95. The normalized spacial score (nSPS) is 11.1. The Bertz CT molecular complexity index is 1330. The van der Waals surface area contributed by atoms with Crippen LogP contribution in [-0.4, -0.2) is 10.2 Å². The predicted molar refractivity (Wildman–Crippen MR) is 121 cm³/mol. The van der Waals surface area contributed by atoms with Gasteiger partial charge in [0.2, 0.25) is 0 Å². The largest absolute Gasteiger partial charge is 0.485 e. The number of hydrogen-bond donors (Lipinski definition) is 1. The van der Waals surface area contributed by atoms with Gasteiger partial charge in [-0.25, -0.2) is 13.9 Å². The molecule has 0 fully saturated rings. The summed E-state index contributed by atoms with van der Waals surface area (Å²) in [6.45, 7) is 1.88. The van der Waals surface area contributed by atoms with Crippen molar-refractivity contribution in [3.05, 3.63) is 117 Å². The first-order chi connectivity index (χ1) is 15.5. The van der Waals surface area contributed by atoms with Crippen molar-refractivity contribution >= 4 is 12.2 Å². The second-order valence-corrected chi connectivity index (χ2v) is 7.21. The van der Waals surface area contributed by atoms with Crippen LogP contribution in [0.3, 0.4) is 0 Å². The van der Waals surface area contributed by atoms with Gasteiger partial charge in [-0.15, -0.1) is 0 Å². The standard InChI is InChI=1S/C26H20F2N2O2/c1-17-24(22(26(31)30-29-17)14-13-18-9-5-10-20(27)15-18)21-11-6-12-23(28)25(21)32-16-19-7-3-2-4-8-19/h2-15H,16H2,1H3,(H,30,31)/b14-13+. The molecule has 0 radical (unpaired) electrons. The number of H-pyrrole nitrogens is 1. The van der Waals surface area contributed by atoms with E-state index in [1.807, 2.05) is 30.3 Å². The monoisotopic (exact) mass is 430 g/mol. The first-order valence-corrected chi connectivity index (χ1v) is 10.0. The third-order valence-electron chi connectivity index (χ3n) is 4.95. The Balaban J connectivity index is 1.79. The summed E-state index contributed by atoms with van der Waals surface area (Å²) in [6, 6.07) is 20.0. The Labute approximate surface area is 183 Å². The first-order valence-electron chi connectivity index (χ1n) is 10.0. The highest BCUT2D eigenvalue weighted by Gasteiger charge is 2.19. The smallest absolute Gasteiger partial charge is 0.272 e. The molecule has 3 aromatic carbocycles. The van der Waals surface area contributed by atoms with Crippen LogP contribution in [0.4, 0.5) is 8.78 Å². The number of hydrogen-bond acceptors (Lipinski definition) is 3. The molecule has 4 rings (SSSR count). The van der Waals surface area contributed by atoms with Gasteiger partial charge >= 0.3 is 0 Å². The lowest BCUT2D eigenvalue weighted by Gasteiger charge is -2.15. The summed E-state index contributed by atoms with van der Waals surface area (Å²) in [5, 5.41) is 6.52. The molecular weight excluding hydrogens is 410 g/mol. The molecule has 0 bridgehead atoms. The lowest BCUT2D eigenvalue weighted by Crippen LogP contribution is -2.15. The van der Waals surface area contributed by atoms with Crippen molar-refractivity contribution in [1.82, 2.24) is 10.2 Å². The van der Waals surface area contributed by atoms with Gasteiger partial charge in [0.15, 0.2) is 11.6 Å². The summed E-state index contributed by atoms with van der Waals surface area (Å²) in [4.78, 5) is 12.7. The number of aromatic amines is 1. The number of aromatic nitrogens is 2. The molecule has 1 heterocycles. The highest BCUT2D eigenvalue weighted by Crippen LogP contribution is 2.36. The van der Waals surface area contributed by atoms with Gasteiger partial charge in [0.1, 0.15) is 12.4 Å². The van der Waals surface area contributed by atoms with Gasteiger partial charge in [0.05, 0.1) is 11.3 Å². The van der Waals surface area contributed by atoms with Crippen molar-refractivity contribution in [1.29, 1.82) is 0 Å². The van der Waals surface area contributed by atoms with Crippen LogP contribution < -0.4 is 10.3 Å². The second-order valence-electron chi connectivity index (χ2n) is 7.21. The molecule has 160 valence electrons. The van der Waals surface area contributed by atoms with Crippen LogP contribution in [0.15, 0.2) is 77.6 Å². The van der Waals surface area contributed by atoms with E-state index in [1.54, 1.807) is 43.3 Å². The van der Waals surface area contributed by atoms with E-state index in [-0.39, 0.29) is 23.7 Å². The molecule has 0 spiro atoms. The van der Waals surface area contributed by atoms with E-state index in [0.717, 1.165) is 5.56 Å². The number of nitrogens with zero attached hydrogens (tertiary/aromatic N) is 1. The zero-order valence-corrected chi connectivity index (χ0v) is 17.3. The molecule has 0 saturated heterocycles. The summed E-state index contributed by atoms with van der Waals surface area (Å²) in [7, 11) is 0. The van der Waals surface area contributed by atoms with Gasteiger partial charge in [-0.3, -0.25) is 4.79 Å². The second kappa shape index (κ2) is 9.39. The highest BCUT2D eigenvalue weighted by molar-refractivity contribution is 5.84. The van der Waals surface area contributed by atoms with E-state index < -0.39 is 11.4 Å². The highest BCUT2D eigenvalue weighted by atomic mass is 19.1. The Kier molecular flexibility index (Phi) is 6.22. The topological polar surface area (TPSA) is 55.0 Å². The van der Waals surface area contributed by atoms with Gasteiger partial charge in [-0.2, -0.15) is 5.10 Å². The zero-order chi connectivity index (χ0) is 22.5. The fourth-order valence-electron chi connectivity index (χ4n) is 3.43. The van der Waals surface area contributed by atoms with Crippen molar-refractivity contribution < 1.29 is 13.5 Å². The number of nitrogens with one attached hydrogen (secondary N) is 1. The van der Waals surface area contributed by atoms with Crippen LogP contribution in [-0.2, 0) is 6.61 Å². The van der Waals surface area contributed by atoms with Gasteiger partial charge in [0, 0.05) is 11.1 Å². The van der Waals surface area contributed by atoms with Crippen molar-refractivity contribution in [3.8, 4) is 16.9 Å². The Hall–Kier alpha value is -4.06. The van der Waals surface area contributed by atoms with E-state index >= 15 is 0 Å². The van der Waals surface area contributed by atoms with E-state index in [4.69, 9.17) is 4.74 Å². The molecule has 32 heavy (non-hydrogen) atoms. The average Bonchev–Trinajstić information content (AvgIpc) is 2.79. The van der Waals surface area contributed by atoms with Crippen molar-refractivity contribution in [2.45, 2.75) is 13.5 Å². The maximum absolute atomic E-state index is 14.8. The molecular formula is C26H20F2N2O2. The minimum Gasteiger partial charge on any atom is -0.485 e. The van der Waals surface area contributed by atoms with Gasteiger partial charge in [0.25, 0.3) is 5.56 Å². The minimum atomic E-state index is -0.543. The fraction of sp³-hybridized carbons (Fsp3) is 0.0769. The summed E-state index contributed by atoms with van der Waals surface area (Å²) in [5.74, 6) is -0.889. The molecule has 0 aliphatic heterocycles. The summed E-state index contributed by atoms with van der Waals surface area (Å²) in [6.07, 6.45) is 3.20. The van der Waals surface area contributed by atoms with Crippen LogP contribution in [0.1, 0.15) is 22.4 Å². The van der Waals surface area contributed by atoms with Crippen LogP contribution >= 0.6 is 0 Å². The SMILES string of the molecule is Cc1n[nH]c(=O)c(/C=C/c2cccc(F)c2)c1-c1cccc(F)c1OCc1ccccc1. The van der Waals surface area contributed by atoms with Crippen molar-refractivity contribution in [2.75, 3.05) is 0 Å². The number of benzene rings is 3. The molecule has 0 amide bonds. The number of para-hydroxylation sites is 1. The number of aryl methyl sites for hydroxylation is 1. The van der Waals surface area contributed by atoms with Crippen molar-refractivity contribution in [3.63, 3.8) is 0 Å². The van der Waals surface area contributed by atoms with Crippen LogP contribution in [0.5, 0.6) is 5.75 Å². The third kappa shape index (κ3) is 4.64. The maximum Gasteiger partial charge on any atom is 0.272 e. The molecule has 4 nitrogen and oxygen atoms in total. The summed E-state index contributed by atoms with van der Waals surface area (Å²) in [5.41, 5.74) is 2.66. The van der Waals surface area contributed by atoms with E-state index in [0.29, 0.717) is 22.4 Å². The lowest BCUT2D eigenvalue weighted by molar-refractivity contribution is 0.291. The molecule has 0 aliphatic rings. The summed E-state index contributed by atoms with van der Waals surface area (Å²) < 4.78 is 34.2. The van der Waals surface area contributed by atoms with E-state index in [1.165, 1.54) is 18.2 Å². The van der Waals surface area contributed by atoms with E-state index in [9.17, 15) is 13.6 Å². The average molecular weight is 430 g/mol. The van der Waals surface area contributed by atoms with Gasteiger partial charge in [-0.05, 0) is 42.3 Å². The van der Waals surface area contributed by atoms with Crippen molar-refractivity contribution in [2.24, 2.45) is 0 Å². The summed E-state index contributed by atoms with van der Waals surface area (Å²) >= 11 is 0. The van der Waals surface area contributed by atoms with E-state index in [2.05, 4.69) is 10.2 Å². The number of halogens is 2. The molecule has 1 N–H and O–H groups in total. The Morgan fingerprint density at radius 2 is 1.75 bits per heavy atom. The molecule has 4 aromatic rings. The Morgan fingerprint density at radius 1 is 0.969 bits per heavy atom. The molecule has 1 aromatic heterocycles. The van der Waals surface area contributed by atoms with Gasteiger partial charge in [-0.1, -0.05) is 60.7 Å². The van der Waals surface area contributed by atoms with Crippen LogP contribution in [0.2, 0.25) is 0 Å². The molecule has 0 saturated carbocycles. The predicted octanol–water partition coefficient (Wildman–Crippen LogP) is 5.77.